The van der Waals surface area contributed by atoms with Gasteiger partial charge < -0.3 is 5.32 Å². The zero-order valence-corrected chi connectivity index (χ0v) is 13.8. The number of amides is 1. The molecule has 0 radical (unpaired) electrons. The van der Waals surface area contributed by atoms with E-state index in [9.17, 15) is 13.6 Å². The molecule has 1 heterocycles. The first-order valence-corrected chi connectivity index (χ1v) is 7.65. The molecule has 124 valence electrons. The second-order valence-corrected chi connectivity index (χ2v) is 5.75. The maximum absolute atomic E-state index is 14.0. The number of rotatable bonds is 5. The van der Waals surface area contributed by atoms with Gasteiger partial charge in [-0.05, 0) is 43.0 Å². The van der Waals surface area contributed by atoms with Crippen molar-refractivity contribution in [2.75, 3.05) is 5.32 Å². The van der Waals surface area contributed by atoms with Crippen molar-refractivity contribution in [1.29, 1.82) is 0 Å². The molecule has 4 nitrogen and oxygen atoms in total. The minimum atomic E-state index is -0.690. The Labute approximate surface area is 134 Å². The fourth-order valence-electron chi connectivity index (χ4n) is 2.72. The number of nitrogens with zero attached hydrogens (tertiary/aromatic N) is 2. The summed E-state index contributed by atoms with van der Waals surface area (Å²) >= 11 is 0. The Bertz CT molecular complexity index is 725. The lowest BCUT2D eigenvalue weighted by Gasteiger charge is -2.16. The second kappa shape index (κ2) is 6.89. The lowest BCUT2D eigenvalue weighted by atomic mass is 9.94. The summed E-state index contributed by atoms with van der Waals surface area (Å²) in [7, 11) is 1.44. The smallest absolute Gasteiger partial charge is 0.262 e. The zero-order chi connectivity index (χ0) is 17.1. The maximum Gasteiger partial charge on any atom is 0.262 e. The molecule has 1 unspecified atom stereocenters. The van der Waals surface area contributed by atoms with Crippen LogP contribution in [0, 0.1) is 18.7 Å². The van der Waals surface area contributed by atoms with E-state index in [1.807, 2.05) is 13.8 Å². The number of benzene rings is 1. The van der Waals surface area contributed by atoms with Crippen molar-refractivity contribution >= 4 is 11.6 Å². The SMILES string of the molecule is CCCC(C)c1cc(F)ccc1NC(=O)c1c(C)nn(C)c1F. The maximum atomic E-state index is 14.0. The van der Waals surface area contributed by atoms with E-state index >= 15 is 0 Å². The molecule has 1 N–H and O–H groups in total. The first kappa shape index (κ1) is 17.1. The van der Waals surface area contributed by atoms with Crippen molar-refractivity contribution in [3.05, 3.63) is 46.8 Å². The van der Waals surface area contributed by atoms with E-state index in [0.717, 1.165) is 17.5 Å². The van der Waals surface area contributed by atoms with Gasteiger partial charge in [-0.25, -0.2) is 9.07 Å². The minimum Gasteiger partial charge on any atom is -0.322 e. The minimum absolute atomic E-state index is 0.0887. The summed E-state index contributed by atoms with van der Waals surface area (Å²) in [5, 5.41) is 6.58. The van der Waals surface area contributed by atoms with Crippen molar-refractivity contribution in [3.63, 3.8) is 0 Å². The highest BCUT2D eigenvalue weighted by atomic mass is 19.1. The van der Waals surface area contributed by atoms with Gasteiger partial charge in [0, 0.05) is 12.7 Å². The quantitative estimate of drug-likeness (QED) is 0.899. The Morgan fingerprint density at radius 3 is 2.65 bits per heavy atom. The predicted octanol–water partition coefficient (Wildman–Crippen LogP) is 4.16. The summed E-state index contributed by atoms with van der Waals surface area (Å²) in [5.74, 6) is -1.54. The van der Waals surface area contributed by atoms with Crippen molar-refractivity contribution < 1.29 is 13.6 Å². The molecule has 0 bridgehead atoms. The molecule has 2 rings (SSSR count). The summed E-state index contributed by atoms with van der Waals surface area (Å²) in [5.41, 5.74) is 1.43. The van der Waals surface area contributed by atoms with Crippen LogP contribution < -0.4 is 5.32 Å². The molecule has 0 aliphatic heterocycles. The lowest BCUT2D eigenvalue weighted by Crippen LogP contribution is -2.16. The van der Waals surface area contributed by atoms with Crippen molar-refractivity contribution in [1.82, 2.24) is 9.78 Å². The normalized spacial score (nSPS) is 12.3. The molecule has 0 saturated carbocycles. The van der Waals surface area contributed by atoms with Crippen molar-refractivity contribution in [3.8, 4) is 0 Å². The molecule has 1 amide bonds. The van der Waals surface area contributed by atoms with Gasteiger partial charge in [0.1, 0.15) is 11.4 Å². The molecule has 0 aliphatic carbocycles. The number of anilines is 1. The molecule has 6 heteroatoms. The summed E-state index contributed by atoms with van der Waals surface area (Å²) in [6.07, 6.45) is 1.81. The van der Waals surface area contributed by atoms with Crippen LogP contribution in [-0.2, 0) is 7.05 Å². The molecule has 0 fully saturated rings. The first-order chi connectivity index (χ1) is 10.8. The third-order valence-corrected chi connectivity index (χ3v) is 3.89. The van der Waals surface area contributed by atoms with Crippen LogP contribution in [-0.4, -0.2) is 15.7 Å². The van der Waals surface area contributed by atoms with E-state index in [1.165, 1.54) is 25.2 Å². The Kier molecular flexibility index (Phi) is 5.13. The molecular weight excluding hydrogens is 300 g/mol. The Morgan fingerprint density at radius 2 is 2.09 bits per heavy atom. The van der Waals surface area contributed by atoms with Gasteiger partial charge in [0.15, 0.2) is 0 Å². The molecule has 1 aromatic heterocycles. The number of aryl methyl sites for hydroxylation is 2. The van der Waals surface area contributed by atoms with Crippen LogP contribution in [0.2, 0.25) is 0 Å². The van der Waals surface area contributed by atoms with E-state index in [1.54, 1.807) is 6.92 Å². The topological polar surface area (TPSA) is 46.9 Å². The molecule has 1 aromatic carbocycles. The average molecular weight is 321 g/mol. The number of aromatic nitrogens is 2. The number of hydrogen-bond acceptors (Lipinski definition) is 2. The van der Waals surface area contributed by atoms with Gasteiger partial charge in [-0.1, -0.05) is 20.3 Å². The fraction of sp³-hybridized carbons (Fsp3) is 0.412. The molecule has 0 spiro atoms. The van der Waals surface area contributed by atoms with E-state index in [4.69, 9.17) is 0 Å². The third kappa shape index (κ3) is 3.57. The average Bonchev–Trinajstić information content (AvgIpc) is 2.74. The lowest BCUT2D eigenvalue weighted by molar-refractivity contribution is 0.102. The van der Waals surface area contributed by atoms with Crippen LogP contribution in [0.3, 0.4) is 0 Å². The van der Waals surface area contributed by atoms with E-state index < -0.39 is 11.9 Å². The van der Waals surface area contributed by atoms with Gasteiger partial charge in [0.25, 0.3) is 5.91 Å². The fourth-order valence-corrected chi connectivity index (χ4v) is 2.72. The Morgan fingerprint density at radius 1 is 1.39 bits per heavy atom. The van der Waals surface area contributed by atoms with E-state index in [0.29, 0.717) is 16.9 Å². The van der Waals surface area contributed by atoms with Gasteiger partial charge in [-0.2, -0.15) is 9.49 Å². The monoisotopic (exact) mass is 321 g/mol. The number of carbonyl (C=O) groups is 1. The molecule has 23 heavy (non-hydrogen) atoms. The first-order valence-electron chi connectivity index (χ1n) is 7.65. The molecule has 2 aromatic rings. The van der Waals surface area contributed by atoms with Crippen LogP contribution in [0.5, 0.6) is 0 Å². The molecule has 1 atom stereocenters. The summed E-state index contributed by atoms with van der Waals surface area (Å²) in [6.45, 7) is 5.59. The van der Waals surface area contributed by atoms with E-state index in [-0.39, 0.29) is 17.3 Å². The van der Waals surface area contributed by atoms with Crippen LogP contribution in [0.15, 0.2) is 18.2 Å². The summed E-state index contributed by atoms with van der Waals surface area (Å²) in [4.78, 5) is 12.4. The Balaban J connectivity index is 2.34. The van der Waals surface area contributed by atoms with Gasteiger partial charge in [0.05, 0.1) is 5.69 Å². The standard InChI is InChI=1S/C17H21F2N3O/c1-5-6-10(2)13-9-12(18)7-8-14(13)20-17(23)15-11(3)21-22(4)16(15)19/h7-10H,5-6H2,1-4H3,(H,20,23). The largest absolute Gasteiger partial charge is 0.322 e. The zero-order valence-electron chi connectivity index (χ0n) is 13.8. The molecule has 0 saturated heterocycles. The van der Waals surface area contributed by atoms with Crippen LogP contribution in [0.4, 0.5) is 14.5 Å². The van der Waals surface area contributed by atoms with Crippen molar-refractivity contribution in [2.24, 2.45) is 7.05 Å². The predicted molar refractivity (Wildman–Crippen MR) is 85.6 cm³/mol. The van der Waals surface area contributed by atoms with Gasteiger partial charge in [-0.15, -0.1) is 0 Å². The third-order valence-electron chi connectivity index (χ3n) is 3.89. The highest BCUT2D eigenvalue weighted by Crippen LogP contribution is 2.29. The molecular formula is C17H21F2N3O. The van der Waals surface area contributed by atoms with Crippen molar-refractivity contribution in [2.45, 2.75) is 39.5 Å². The number of nitrogens with one attached hydrogen (secondary N) is 1. The van der Waals surface area contributed by atoms with Gasteiger partial charge >= 0.3 is 0 Å². The van der Waals surface area contributed by atoms with Gasteiger partial charge in [0.2, 0.25) is 5.95 Å². The molecule has 0 aliphatic rings. The van der Waals surface area contributed by atoms with Gasteiger partial charge in [-0.3, -0.25) is 4.79 Å². The number of carbonyl (C=O) groups excluding carboxylic acids is 1. The highest BCUT2D eigenvalue weighted by molar-refractivity contribution is 6.05. The summed E-state index contributed by atoms with van der Waals surface area (Å²) in [6, 6.07) is 4.21. The number of hydrogen-bond donors (Lipinski definition) is 1. The van der Waals surface area contributed by atoms with Crippen LogP contribution in [0.1, 0.15) is 54.2 Å². The summed E-state index contributed by atoms with van der Waals surface area (Å²) < 4.78 is 28.6. The Hall–Kier alpha value is -2.24. The van der Waals surface area contributed by atoms with Crippen LogP contribution in [0.25, 0.3) is 0 Å². The second-order valence-electron chi connectivity index (χ2n) is 5.75. The highest BCUT2D eigenvalue weighted by Gasteiger charge is 2.22. The number of halogens is 2. The van der Waals surface area contributed by atoms with E-state index in [2.05, 4.69) is 10.4 Å². The van der Waals surface area contributed by atoms with Crippen LogP contribution >= 0.6 is 0 Å².